The molecule has 0 radical (unpaired) electrons. The molecular formula is C16H22ClN3O2. The molecule has 0 spiro atoms. The van der Waals surface area contributed by atoms with Crippen LogP contribution in [0.25, 0.3) is 0 Å². The maximum absolute atomic E-state index is 11.9. The van der Waals surface area contributed by atoms with Gasteiger partial charge in [-0.25, -0.2) is 5.43 Å². The van der Waals surface area contributed by atoms with Gasteiger partial charge in [0.05, 0.1) is 6.42 Å². The molecule has 120 valence electrons. The molecule has 1 rings (SSSR count). The molecule has 0 saturated heterocycles. The van der Waals surface area contributed by atoms with Crippen molar-refractivity contribution in [2.75, 3.05) is 5.32 Å². The SMILES string of the molecule is CCCCC(=O)N/N=C(/C)CC(=O)Nc1ccc(C)c(Cl)c1. The Balaban J connectivity index is 2.46. The van der Waals surface area contributed by atoms with Gasteiger partial charge in [-0.05, 0) is 38.0 Å². The first kappa shape index (κ1) is 18.2. The highest BCUT2D eigenvalue weighted by Gasteiger charge is 2.06. The summed E-state index contributed by atoms with van der Waals surface area (Å²) >= 11 is 6.01. The summed E-state index contributed by atoms with van der Waals surface area (Å²) in [5.74, 6) is -0.337. The second-order valence-electron chi connectivity index (χ2n) is 5.17. The maximum Gasteiger partial charge on any atom is 0.240 e. The lowest BCUT2D eigenvalue weighted by Gasteiger charge is -2.07. The lowest BCUT2D eigenvalue weighted by Crippen LogP contribution is -2.21. The summed E-state index contributed by atoms with van der Waals surface area (Å²) in [4.78, 5) is 23.3. The van der Waals surface area contributed by atoms with Crippen LogP contribution in [0.5, 0.6) is 0 Å². The molecule has 0 aliphatic heterocycles. The molecule has 1 aromatic rings. The normalized spacial score (nSPS) is 11.2. The van der Waals surface area contributed by atoms with Gasteiger partial charge < -0.3 is 5.32 Å². The van der Waals surface area contributed by atoms with Crippen LogP contribution in [0.4, 0.5) is 5.69 Å². The third-order valence-electron chi connectivity index (χ3n) is 3.00. The lowest BCUT2D eigenvalue weighted by molar-refractivity contribution is -0.121. The van der Waals surface area contributed by atoms with Crippen LogP contribution in [-0.2, 0) is 9.59 Å². The van der Waals surface area contributed by atoms with Crippen LogP contribution >= 0.6 is 11.6 Å². The number of carbonyl (C=O) groups is 2. The van der Waals surface area contributed by atoms with Gasteiger partial charge in [-0.15, -0.1) is 0 Å². The first-order chi connectivity index (χ1) is 10.4. The minimum absolute atomic E-state index is 0.111. The zero-order valence-corrected chi connectivity index (χ0v) is 14.0. The Morgan fingerprint density at radius 3 is 2.64 bits per heavy atom. The molecule has 0 heterocycles. The van der Waals surface area contributed by atoms with E-state index in [9.17, 15) is 9.59 Å². The number of nitrogens with one attached hydrogen (secondary N) is 2. The molecule has 0 aliphatic rings. The fraction of sp³-hybridized carbons (Fsp3) is 0.438. The van der Waals surface area contributed by atoms with Crippen molar-refractivity contribution in [2.45, 2.75) is 46.5 Å². The van der Waals surface area contributed by atoms with Gasteiger partial charge >= 0.3 is 0 Å². The third-order valence-corrected chi connectivity index (χ3v) is 3.41. The summed E-state index contributed by atoms with van der Waals surface area (Å²) in [5, 5.41) is 7.27. The highest BCUT2D eigenvalue weighted by atomic mass is 35.5. The number of unbranched alkanes of at least 4 members (excludes halogenated alkanes) is 1. The predicted octanol–water partition coefficient (Wildman–Crippen LogP) is 3.66. The van der Waals surface area contributed by atoms with E-state index in [4.69, 9.17) is 11.6 Å². The molecule has 6 heteroatoms. The van der Waals surface area contributed by atoms with Gasteiger partial charge in [0.25, 0.3) is 0 Å². The van der Waals surface area contributed by atoms with Crippen molar-refractivity contribution in [2.24, 2.45) is 5.10 Å². The zero-order chi connectivity index (χ0) is 16.5. The number of benzene rings is 1. The van der Waals surface area contributed by atoms with Crippen LogP contribution in [0, 0.1) is 6.92 Å². The number of hydrogen-bond donors (Lipinski definition) is 2. The predicted molar refractivity (Wildman–Crippen MR) is 90.2 cm³/mol. The quantitative estimate of drug-likeness (QED) is 0.594. The largest absolute Gasteiger partial charge is 0.326 e. The minimum atomic E-state index is -0.205. The van der Waals surface area contributed by atoms with Crippen LogP contribution in [0.1, 0.15) is 45.1 Å². The van der Waals surface area contributed by atoms with Crippen molar-refractivity contribution in [3.63, 3.8) is 0 Å². The van der Waals surface area contributed by atoms with Crippen molar-refractivity contribution in [3.8, 4) is 0 Å². The summed E-state index contributed by atoms with van der Waals surface area (Å²) in [6, 6.07) is 5.33. The van der Waals surface area contributed by atoms with E-state index in [0.29, 0.717) is 22.8 Å². The fourth-order valence-electron chi connectivity index (χ4n) is 1.70. The number of halogens is 1. The first-order valence-electron chi connectivity index (χ1n) is 7.30. The van der Waals surface area contributed by atoms with E-state index in [2.05, 4.69) is 15.8 Å². The number of anilines is 1. The monoisotopic (exact) mass is 323 g/mol. The number of hydrazone groups is 1. The zero-order valence-electron chi connectivity index (χ0n) is 13.2. The van der Waals surface area contributed by atoms with Crippen LogP contribution in [-0.4, -0.2) is 17.5 Å². The van der Waals surface area contributed by atoms with Crippen LogP contribution in [0.15, 0.2) is 23.3 Å². The summed E-state index contributed by atoms with van der Waals surface area (Å²) in [7, 11) is 0. The molecule has 2 amide bonds. The Morgan fingerprint density at radius 2 is 2.00 bits per heavy atom. The summed E-state index contributed by atoms with van der Waals surface area (Å²) in [6.45, 7) is 5.61. The highest BCUT2D eigenvalue weighted by molar-refractivity contribution is 6.31. The van der Waals surface area contributed by atoms with Crippen molar-refractivity contribution < 1.29 is 9.59 Å². The van der Waals surface area contributed by atoms with E-state index in [1.165, 1.54) is 0 Å². The highest BCUT2D eigenvalue weighted by Crippen LogP contribution is 2.19. The summed E-state index contributed by atoms with van der Waals surface area (Å²) in [6.07, 6.45) is 2.34. The number of rotatable bonds is 7. The van der Waals surface area contributed by atoms with E-state index in [-0.39, 0.29) is 18.2 Å². The average molecular weight is 324 g/mol. The Kier molecular flexibility index (Phi) is 7.60. The fourth-order valence-corrected chi connectivity index (χ4v) is 1.88. The van der Waals surface area contributed by atoms with Crippen molar-refractivity contribution in [1.29, 1.82) is 0 Å². The standard InChI is InChI=1S/C16H22ClN3O2/c1-4-5-6-15(21)20-19-12(3)9-16(22)18-13-8-7-11(2)14(17)10-13/h7-8,10H,4-6,9H2,1-3H3,(H,18,22)(H,20,21)/b19-12-. The van der Waals surface area contributed by atoms with E-state index in [1.54, 1.807) is 19.1 Å². The van der Waals surface area contributed by atoms with Gasteiger partial charge in [0.15, 0.2) is 0 Å². The maximum atomic E-state index is 11.9. The van der Waals surface area contributed by atoms with E-state index < -0.39 is 0 Å². The third kappa shape index (κ3) is 6.72. The van der Waals surface area contributed by atoms with E-state index >= 15 is 0 Å². The van der Waals surface area contributed by atoms with Gasteiger partial charge in [0.2, 0.25) is 11.8 Å². The van der Waals surface area contributed by atoms with Gasteiger partial charge in [-0.3, -0.25) is 9.59 Å². The second kappa shape index (κ2) is 9.20. The second-order valence-corrected chi connectivity index (χ2v) is 5.58. The Bertz CT molecular complexity index is 571. The molecule has 0 saturated carbocycles. The molecule has 0 aromatic heterocycles. The Morgan fingerprint density at radius 1 is 1.27 bits per heavy atom. The number of hydrogen-bond acceptors (Lipinski definition) is 3. The van der Waals surface area contributed by atoms with E-state index in [1.807, 2.05) is 19.9 Å². The summed E-state index contributed by atoms with van der Waals surface area (Å²) in [5.41, 5.74) is 4.58. The van der Waals surface area contributed by atoms with Crippen molar-refractivity contribution in [3.05, 3.63) is 28.8 Å². The minimum Gasteiger partial charge on any atom is -0.326 e. The number of aryl methyl sites for hydroxylation is 1. The van der Waals surface area contributed by atoms with Crippen molar-refractivity contribution in [1.82, 2.24) is 5.43 Å². The molecular weight excluding hydrogens is 302 g/mol. The molecule has 0 atom stereocenters. The molecule has 5 nitrogen and oxygen atoms in total. The van der Waals surface area contributed by atoms with Crippen LogP contribution in [0.3, 0.4) is 0 Å². The molecule has 0 unspecified atom stereocenters. The molecule has 0 bridgehead atoms. The summed E-state index contributed by atoms with van der Waals surface area (Å²) < 4.78 is 0. The molecule has 22 heavy (non-hydrogen) atoms. The molecule has 0 aliphatic carbocycles. The average Bonchev–Trinajstić information content (AvgIpc) is 2.46. The Hall–Kier alpha value is -1.88. The number of nitrogens with zero attached hydrogens (tertiary/aromatic N) is 1. The Labute approximate surface area is 136 Å². The van der Waals surface area contributed by atoms with Gasteiger partial charge in [0.1, 0.15) is 0 Å². The van der Waals surface area contributed by atoms with Crippen molar-refractivity contribution >= 4 is 34.8 Å². The van der Waals surface area contributed by atoms with Gasteiger partial charge in [0, 0.05) is 22.8 Å². The van der Waals surface area contributed by atoms with Gasteiger partial charge in [-0.2, -0.15) is 5.10 Å². The molecule has 0 fully saturated rings. The first-order valence-corrected chi connectivity index (χ1v) is 7.68. The molecule has 1 aromatic carbocycles. The van der Waals surface area contributed by atoms with Crippen LogP contribution in [0.2, 0.25) is 5.02 Å². The topological polar surface area (TPSA) is 70.6 Å². The molecule has 2 N–H and O–H groups in total. The van der Waals surface area contributed by atoms with Gasteiger partial charge in [-0.1, -0.05) is 31.0 Å². The lowest BCUT2D eigenvalue weighted by atomic mass is 10.2. The smallest absolute Gasteiger partial charge is 0.240 e. The van der Waals surface area contributed by atoms with Crippen LogP contribution < -0.4 is 10.7 Å². The number of amides is 2. The van der Waals surface area contributed by atoms with E-state index in [0.717, 1.165) is 18.4 Å². The number of carbonyl (C=O) groups excluding carboxylic acids is 2.